The van der Waals surface area contributed by atoms with Gasteiger partial charge in [0.25, 0.3) is 0 Å². The van der Waals surface area contributed by atoms with Crippen molar-refractivity contribution in [2.24, 2.45) is 16.7 Å². The standard InChI is InChI=1S/C17H36N2/c1-8-11-18-15-14(9-10-17(15,5)6)12-19(7)13-16(2,3)4/h14-15,18H,8-13H2,1-7H3. The molecule has 1 aliphatic carbocycles. The monoisotopic (exact) mass is 268 g/mol. The van der Waals surface area contributed by atoms with Crippen molar-refractivity contribution >= 4 is 0 Å². The van der Waals surface area contributed by atoms with Crippen LogP contribution in [0.15, 0.2) is 0 Å². The molecule has 2 atom stereocenters. The summed E-state index contributed by atoms with van der Waals surface area (Å²) < 4.78 is 0. The highest BCUT2D eigenvalue weighted by Gasteiger charge is 2.41. The van der Waals surface area contributed by atoms with Gasteiger partial charge in [-0.25, -0.2) is 0 Å². The summed E-state index contributed by atoms with van der Waals surface area (Å²) >= 11 is 0. The van der Waals surface area contributed by atoms with E-state index in [0.29, 0.717) is 16.9 Å². The first-order chi connectivity index (χ1) is 8.65. The van der Waals surface area contributed by atoms with Crippen molar-refractivity contribution in [2.45, 2.75) is 66.8 Å². The number of rotatable bonds is 6. The summed E-state index contributed by atoms with van der Waals surface area (Å²) in [6.45, 7) is 17.7. The zero-order valence-corrected chi connectivity index (χ0v) is 14.3. The molecule has 0 aromatic rings. The highest BCUT2D eigenvalue weighted by molar-refractivity contribution is 4.97. The zero-order valence-electron chi connectivity index (χ0n) is 14.3. The maximum Gasteiger partial charge on any atom is 0.0159 e. The molecule has 0 aromatic carbocycles. The summed E-state index contributed by atoms with van der Waals surface area (Å²) in [6.07, 6.45) is 3.97. The molecule has 19 heavy (non-hydrogen) atoms. The van der Waals surface area contributed by atoms with Gasteiger partial charge in [0.05, 0.1) is 0 Å². The third kappa shape index (κ3) is 5.43. The van der Waals surface area contributed by atoms with Gasteiger partial charge in [-0.2, -0.15) is 0 Å². The Balaban J connectivity index is 2.56. The predicted octanol–water partition coefficient (Wildman–Crippen LogP) is 3.77. The molecule has 2 unspecified atom stereocenters. The van der Waals surface area contributed by atoms with Crippen molar-refractivity contribution in [2.75, 3.05) is 26.7 Å². The summed E-state index contributed by atoms with van der Waals surface area (Å²) in [5.74, 6) is 0.814. The van der Waals surface area contributed by atoms with Crippen LogP contribution in [0.5, 0.6) is 0 Å². The molecule has 1 aliphatic rings. The van der Waals surface area contributed by atoms with Crippen LogP contribution in [-0.4, -0.2) is 37.6 Å². The Morgan fingerprint density at radius 3 is 2.42 bits per heavy atom. The fourth-order valence-electron chi connectivity index (χ4n) is 3.73. The van der Waals surface area contributed by atoms with Crippen molar-refractivity contribution in [1.82, 2.24) is 10.2 Å². The lowest BCUT2D eigenvalue weighted by Gasteiger charge is -2.35. The van der Waals surface area contributed by atoms with Gasteiger partial charge in [-0.15, -0.1) is 0 Å². The normalized spacial score (nSPS) is 27.2. The summed E-state index contributed by atoms with van der Waals surface area (Å²) in [6, 6.07) is 0.690. The summed E-state index contributed by atoms with van der Waals surface area (Å²) in [5, 5.41) is 3.81. The van der Waals surface area contributed by atoms with E-state index in [1.165, 1.54) is 32.4 Å². The number of nitrogens with one attached hydrogen (secondary N) is 1. The van der Waals surface area contributed by atoms with Gasteiger partial charge in [-0.3, -0.25) is 0 Å². The van der Waals surface area contributed by atoms with Gasteiger partial charge >= 0.3 is 0 Å². The molecule has 1 rings (SSSR count). The van der Waals surface area contributed by atoms with E-state index in [4.69, 9.17) is 0 Å². The average molecular weight is 268 g/mol. The van der Waals surface area contributed by atoms with E-state index in [1.807, 2.05) is 0 Å². The first kappa shape index (κ1) is 17.0. The smallest absolute Gasteiger partial charge is 0.0159 e. The van der Waals surface area contributed by atoms with Crippen LogP contribution in [0.25, 0.3) is 0 Å². The van der Waals surface area contributed by atoms with Crippen molar-refractivity contribution in [3.8, 4) is 0 Å². The van der Waals surface area contributed by atoms with Crippen LogP contribution in [0, 0.1) is 16.7 Å². The molecule has 0 aromatic heterocycles. The van der Waals surface area contributed by atoms with Crippen LogP contribution in [0.4, 0.5) is 0 Å². The Morgan fingerprint density at radius 1 is 1.26 bits per heavy atom. The highest BCUT2D eigenvalue weighted by atomic mass is 15.1. The van der Waals surface area contributed by atoms with E-state index >= 15 is 0 Å². The number of hydrogen-bond donors (Lipinski definition) is 1. The number of nitrogens with zero attached hydrogens (tertiary/aromatic N) is 1. The van der Waals surface area contributed by atoms with Gasteiger partial charge in [-0.1, -0.05) is 41.5 Å². The van der Waals surface area contributed by atoms with E-state index in [-0.39, 0.29) is 0 Å². The van der Waals surface area contributed by atoms with Crippen LogP contribution in [0.3, 0.4) is 0 Å². The lowest BCUT2D eigenvalue weighted by molar-refractivity contribution is 0.169. The molecule has 0 spiro atoms. The maximum absolute atomic E-state index is 3.81. The first-order valence-corrected chi connectivity index (χ1v) is 8.07. The van der Waals surface area contributed by atoms with Gasteiger partial charge < -0.3 is 10.2 Å². The van der Waals surface area contributed by atoms with Gasteiger partial charge in [0.2, 0.25) is 0 Å². The first-order valence-electron chi connectivity index (χ1n) is 8.07. The van der Waals surface area contributed by atoms with Crippen molar-refractivity contribution in [1.29, 1.82) is 0 Å². The Morgan fingerprint density at radius 2 is 1.89 bits per heavy atom. The minimum absolute atomic E-state index is 0.398. The summed E-state index contributed by atoms with van der Waals surface area (Å²) in [4.78, 5) is 2.53. The maximum atomic E-state index is 3.81. The third-order valence-electron chi connectivity index (χ3n) is 4.38. The molecular weight excluding hydrogens is 232 g/mol. The molecule has 2 nitrogen and oxygen atoms in total. The zero-order chi connectivity index (χ0) is 14.7. The SMILES string of the molecule is CCCNC1C(CN(C)CC(C)(C)C)CCC1(C)C. The lowest BCUT2D eigenvalue weighted by Crippen LogP contribution is -2.46. The molecule has 0 aliphatic heterocycles. The molecule has 2 heteroatoms. The van der Waals surface area contributed by atoms with Gasteiger partial charge in [0.1, 0.15) is 0 Å². The molecule has 0 bridgehead atoms. The Kier molecular flexibility index (Phi) is 5.88. The Hall–Kier alpha value is -0.0800. The molecule has 1 N–H and O–H groups in total. The Bertz CT molecular complexity index is 265. The third-order valence-corrected chi connectivity index (χ3v) is 4.38. The van der Waals surface area contributed by atoms with Crippen LogP contribution < -0.4 is 5.32 Å². The quantitative estimate of drug-likeness (QED) is 0.789. The average Bonchev–Trinajstić information content (AvgIpc) is 2.49. The van der Waals surface area contributed by atoms with Crippen molar-refractivity contribution < 1.29 is 0 Å². The Labute approximate surface area is 121 Å². The van der Waals surface area contributed by atoms with Crippen LogP contribution in [0.1, 0.15) is 60.8 Å². The minimum Gasteiger partial charge on any atom is -0.313 e. The molecule has 1 fully saturated rings. The van der Waals surface area contributed by atoms with Crippen LogP contribution in [-0.2, 0) is 0 Å². The highest BCUT2D eigenvalue weighted by Crippen LogP contribution is 2.41. The molecule has 0 heterocycles. The largest absolute Gasteiger partial charge is 0.313 e. The second-order valence-electron chi connectivity index (χ2n) is 8.48. The van der Waals surface area contributed by atoms with E-state index < -0.39 is 0 Å². The molecular formula is C17H36N2. The molecule has 1 saturated carbocycles. The molecule has 0 radical (unpaired) electrons. The number of hydrogen-bond acceptors (Lipinski definition) is 2. The lowest BCUT2D eigenvalue weighted by atomic mass is 9.84. The van der Waals surface area contributed by atoms with E-state index in [0.717, 1.165) is 12.5 Å². The molecule has 0 saturated heterocycles. The van der Waals surface area contributed by atoms with Gasteiger partial charge in [-0.05, 0) is 49.6 Å². The minimum atomic E-state index is 0.398. The second-order valence-corrected chi connectivity index (χ2v) is 8.48. The second kappa shape index (κ2) is 6.58. The van der Waals surface area contributed by atoms with Gasteiger partial charge in [0.15, 0.2) is 0 Å². The van der Waals surface area contributed by atoms with Crippen molar-refractivity contribution in [3.63, 3.8) is 0 Å². The molecule has 0 amide bonds. The summed E-state index contributed by atoms with van der Waals surface area (Å²) in [5.41, 5.74) is 0.859. The van der Waals surface area contributed by atoms with E-state index in [1.54, 1.807) is 0 Å². The molecule has 114 valence electrons. The van der Waals surface area contributed by atoms with E-state index in [9.17, 15) is 0 Å². The predicted molar refractivity (Wildman–Crippen MR) is 85.5 cm³/mol. The van der Waals surface area contributed by atoms with E-state index in [2.05, 4.69) is 58.8 Å². The summed E-state index contributed by atoms with van der Waals surface area (Å²) in [7, 11) is 2.29. The van der Waals surface area contributed by atoms with Gasteiger partial charge in [0, 0.05) is 19.1 Å². The topological polar surface area (TPSA) is 15.3 Å². The fraction of sp³-hybridized carbons (Fsp3) is 1.00. The van der Waals surface area contributed by atoms with Crippen molar-refractivity contribution in [3.05, 3.63) is 0 Å². The van der Waals surface area contributed by atoms with Crippen LogP contribution in [0.2, 0.25) is 0 Å². The fourth-order valence-corrected chi connectivity index (χ4v) is 3.73. The van der Waals surface area contributed by atoms with Crippen LogP contribution >= 0.6 is 0 Å².